The molecule has 0 amide bonds. The summed E-state index contributed by atoms with van der Waals surface area (Å²) in [6.45, 7) is 2.15. The molecule has 0 aliphatic rings. The van der Waals surface area contributed by atoms with Crippen LogP contribution < -0.4 is 5.73 Å². The van der Waals surface area contributed by atoms with E-state index in [1.165, 1.54) is 0 Å². The quantitative estimate of drug-likeness (QED) is 0.604. The van der Waals surface area contributed by atoms with E-state index in [9.17, 15) is 0 Å². The van der Waals surface area contributed by atoms with E-state index in [4.69, 9.17) is 22.4 Å². The van der Waals surface area contributed by atoms with Crippen LogP contribution in [0.3, 0.4) is 0 Å². The molecule has 0 bridgehead atoms. The molecular formula is C9H12ClNOS. The molecule has 0 spiro atoms. The highest BCUT2D eigenvalue weighted by atomic mass is 35.5. The molecule has 0 radical (unpaired) electrons. The normalized spacial score (nSPS) is 10.4. The summed E-state index contributed by atoms with van der Waals surface area (Å²) in [6, 6.07) is 3.69. The van der Waals surface area contributed by atoms with Crippen molar-refractivity contribution in [3.63, 3.8) is 0 Å². The van der Waals surface area contributed by atoms with Crippen LogP contribution in [0.4, 0.5) is 5.69 Å². The average molecular weight is 218 g/mol. The van der Waals surface area contributed by atoms with Crippen LogP contribution in [0.1, 0.15) is 5.56 Å². The Hall–Kier alpha value is -0.380. The van der Waals surface area contributed by atoms with Gasteiger partial charge in [0.2, 0.25) is 0 Å². The summed E-state index contributed by atoms with van der Waals surface area (Å²) in [5.41, 5.74) is 7.33. The number of halogens is 1. The zero-order valence-corrected chi connectivity index (χ0v) is 8.95. The Kier molecular flexibility index (Phi) is 3.90. The van der Waals surface area contributed by atoms with Gasteiger partial charge in [0.05, 0.1) is 17.3 Å². The number of rotatable bonds is 3. The molecule has 1 aromatic carbocycles. The molecule has 1 rings (SSSR count). The zero-order valence-electron chi connectivity index (χ0n) is 7.38. The van der Waals surface area contributed by atoms with E-state index in [1.807, 2.05) is 19.1 Å². The lowest BCUT2D eigenvalue weighted by atomic mass is 10.2. The first kappa shape index (κ1) is 10.7. The minimum absolute atomic E-state index is 0.173. The third-order valence-corrected chi connectivity index (χ3v) is 3.11. The van der Waals surface area contributed by atoms with Crippen LogP contribution in [0, 0.1) is 6.92 Å². The van der Waals surface area contributed by atoms with Crippen molar-refractivity contribution >= 4 is 29.1 Å². The lowest BCUT2D eigenvalue weighted by molar-refractivity contribution is 0.322. The number of hydrogen-bond donors (Lipinski definition) is 2. The fourth-order valence-corrected chi connectivity index (χ4v) is 2.02. The molecule has 0 saturated carbocycles. The lowest BCUT2D eigenvalue weighted by Crippen LogP contribution is -1.91. The van der Waals surface area contributed by atoms with Crippen molar-refractivity contribution in [2.45, 2.75) is 11.8 Å². The van der Waals surface area contributed by atoms with Crippen LogP contribution in [0.15, 0.2) is 17.0 Å². The van der Waals surface area contributed by atoms with Gasteiger partial charge in [-0.1, -0.05) is 11.6 Å². The van der Waals surface area contributed by atoms with Gasteiger partial charge >= 0.3 is 0 Å². The van der Waals surface area contributed by atoms with Crippen molar-refractivity contribution < 1.29 is 5.11 Å². The van der Waals surface area contributed by atoms with E-state index in [0.29, 0.717) is 16.5 Å². The number of aliphatic hydroxyl groups is 1. The maximum absolute atomic E-state index is 8.66. The van der Waals surface area contributed by atoms with Gasteiger partial charge in [-0.3, -0.25) is 0 Å². The van der Waals surface area contributed by atoms with Crippen LogP contribution >= 0.6 is 23.4 Å². The number of benzene rings is 1. The van der Waals surface area contributed by atoms with Crippen molar-refractivity contribution in [2.24, 2.45) is 0 Å². The predicted octanol–water partition coefficient (Wildman–Crippen LogP) is 2.32. The maximum Gasteiger partial charge on any atom is 0.0646 e. The van der Waals surface area contributed by atoms with Crippen molar-refractivity contribution in [1.82, 2.24) is 0 Å². The number of hydrogen-bond acceptors (Lipinski definition) is 3. The molecule has 0 fully saturated rings. The summed E-state index contributed by atoms with van der Waals surface area (Å²) in [4.78, 5) is 1.08. The minimum Gasteiger partial charge on any atom is -0.398 e. The van der Waals surface area contributed by atoms with Gasteiger partial charge in [-0.05, 0) is 24.6 Å². The number of thioether (sulfide) groups is 1. The van der Waals surface area contributed by atoms with E-state index < -0.39 is 0 Å². The number of nitrogen functional groups attached to an aromatic ring is 1. The number of aryl methyl sites for hydroxylation is 1. The topological polar surface area (TPSA) is 46.2 Å². The molecular weight excluding hydrogens is 206 g/mol. The van der Waals surface area contributed by atoms with Crippen LogP contribution in [0.25, 0.3) is 0 Å². The summed E-state index contributed by atoms with van der Waals surface area (Å²) >= 11 is 7.44. The first-order valence-electron chi connectivity index (χ1n) is 3.94. The summed E-state index contributed by atoms with van der Waals surface area (Å²) < 4.78 is 0. The van der Waals surface area contributed by atoms with Gasteiger partial charge < -0.3 is 10.8 Å². The molecule has 0 aromatic heterocycles. The smallest absolute Gasteiger partial charge is 0.0646 e. The van der Waals surface area contributed by atoms with Gasteiger partial charge in [-0.25, -0.2) is 0 Å². The van der Waals surface area contributed by atoms with Crippen LogP contribution in [0.5, 0.6) is 0 Å². The van der Waals surface area contributed by atoms with E-state index in [0.717, 1.165) is 10.5 Å². The Balaban J connectivity index is 2.88. The Morgan fingerprint density at radius 3 is 2.85 bits per heavy atom. The molecule has 1 aromatic rings. The molecule has 13 heavy (non-hydrogen) atoms. The molecule has 3 N–H and O–H groups in total. The molecule has 0 atom stereocenters. The molecule has 0 aliphatic heterocycles. The van der Waals surface area contributed by atoms with Gasteiger partial charge in [-0.15, -0.1) is 11.8 Å². The second-order valence-electron chi connectivity index (χ2n) is 2.71. The molecule has 0 unspecified atom stereocenters. The van der Waals surface area contributed by atoms with Crippen molar-refractivity contribution in [1.29, 1.82) is 0 Å². The molecule has 0 saturated heterocycles. The average Bonchev–Trinajstić information content (AvgIpc) is 2.09. The number of anilines is 1. The van der Waals surface area contributed by atoms with E-state index in [-0.39, 0.29) is 6.61 Å². The summed E-state index contributed by atoms with van der Waals surface area (Å²) in [5, 5.41) is 9.24. The Morgan fingerprint density at radius 1 is 1.54 bits per heavy atom. The van der Waals surface area contributed by atoms with Gasteiger partial charge in [-0.2, -0.15) is 0 Å². The van der Waals surface area contributed by atoms with E-state index in [2.05, 4.69) is 0 Å². The second kappa shape index (κ2) is 4.74. The monoisotopic (exact) mass is 217 g/mol. The van der Waals surface area contributed by atoms with Gasteiger partial charge in [0.25, 0.3) is 0 Å². The van der Waals surface area contributed by atoms with Crippen LogP contribution in [-0.2, 0) is 0 Å². The van der Waals surface area contributed by atoms with E-state index in [1.54, 1.807) is 11.8 Å². The Bertz CT molecular complexity index is 304. The highest BCUT2D eigenvalue weighted by Gasteiger charge is 2.03. The SMILES string of the molecule is Cc1cc(N)c(Cl)cc1SCCO. The summed E-state index contributed by atoms with van der Waals surface area (Å²) in [7, 11) is 0. The molecule has 2 nitrogen and oxygen atoms in total. The number of nitrogens with two attached hydrogens (primary N) is 1. The summed E-state index contributed by atoms with van der Waals surface area (Å²) in [5.74, 6) is 0.682. The largest absolute Gasteiger partial charge is 0.398 e. The van der Waals surface area contributed by atoms with Crippen LogP contribution in [0.2, 0.25) is 5.02 Å². The first-order chi connectivity index (χ1) is 6.15. The lowest BCUT2D eigenvalue weighted by Gasteiger charge is -2.06. The summed E-state index contributed by atoms with van der Waals surface area (Å²) in [6.07, 6.45) is 0. The molecule has 4 heteroatoms. The number of aliphatic hydroxyl groups excluding tert-OH is 1. The van der Waals surface area contributed by atoms with Gasteiger partial charge in [0.1, 0.15) is 0 Å². The fraction of sp³-hybridized carbons (Fsp3) is 0.333. The highest BCUT2D eigenvalue weighted by Crippen LogP contribution is 2.29. The maximum atomic E-state index is 8.66. The van der Waals surface area contributed by atoms with Gasteiger partial charge in [0.15, 0.2) is 0 Å². The van der Waals surface area contributed by atoms with Crippen molar-refractivity contribution in [3.05, 3.63) is 22.7 Å². The second-order valence-corrected chi connectivity index (χ2v) is 4.26. The Labute approximate surface area is 87.1 Å². The highest BCUT2D eigenvalue weighted by molar-refractivity contribution is 7.99. The standard InChI is InChI=1S/C9H12ClNOS/c1-6-4-8(11)7(10)5-9(6)13-3-2-12/h4-5,12H,2-3,11H2,1H3. The fourth-order valence-electron chi connectivity index (χ4n) is 0.997. The first-order valence-corrected chi connectivity index (χ1v) is 5.30. The molecule has 0 heterocycles. The third kappa shape index (κ3) is 2.79. The van der Waals surface area contributed by atoms with E-state index >= 15 is 0 Å². The third-order valence-electron chi connectivity index (χ3n) is 1.64. The van der Waals surface area contributed by atoms with Crippen molar-refractivity contribution in [3.8, 4) is 0 Å². The van der Waals surface area contributed by atoms with Gasteiger partial charge in [0, 0.05) is 10.6 Å². The Morgan fingerprint density at radius 2 is 2.23 bits per heavy atom. The van der Waals surface area contributed by atoms with Crippen LogP contribution in [-0.4, -0.2) is 17.5 Å². The predicted molar refractivity (Wildman–Crippen MR) is 58.4 cm³/mol. The molecule has 0 aliphatic carbocycles. The van der Waals surface area contributed by atoms with Crippen molar-refractivity contribution in [2.75, 3.05) is 18.1 Å². The minimum atomic E-state index is 0.173. The molecule has 72 valence electrons. The zero-order chi connectivity index (χ0) is 9.84.